The minimum atomic E-state index is -0.0781. The van der Waals surface area contributed by atoms with Gasteiger partial charge in [0.25, 0.3) is 5.91 Å². The molecule has 0 saturated heterocycles. The summed E-state index contributed by atoms with van der Waals surface area (Å²) in [6.45, 7) is 7.90. The van der Waals surface area contributed by atoms with Crippen LogP contribution in [0.1, 0.15) is 41.5 Å². The topological polar surface area (TPSA) is 60.2 Å². The van der Waals surface area contributed by atoms with Gasteiger partial charge < -0.3 is 4.74 Å². The molecule has 0 saturated carbocycles. The van der Waals surface area contributed by atoms with Gasteiger partial charge in [0.2, 0.25) is 0 Å². The largest absolute Gasteiger partial charge is 0.494 e. The Labute approximate surface area is 192 Å². The second-order valence-electron chi connectivity index (χ2n) is 7.80. The monoisotopic (exact) mass is 448 g/mol. The van der Waals surface area contributed by atoms with Gasteiger partial charge in [-0.05, 0) is 62.7 Å². The minimum Gasteiger partial charge on any atom is -0.494 e. The first kappa shape index (κ1) is 22.0. The minimum absolute atomic E-state index is 0.0781. The van der Waals surface area contributed by atoms with Crippen LogP contribution in [0.4, 0.5) is 5.13 Å². The Morgan fingerprint density at radius 2 is 1.91 bits per heavy atom. The second-order valence-corrected chi connectivity index (χ2v) is 8.81. The zero-order valence-electron chi connectivity index (χ0n) is 18.7. The smallest absolute Gasteiger partial charge is 0.260 e. The van der Waals surface area contributed by atoms with E-state index >= 15 is 0 Å². The number of carbonyl (C=O) groups excluding carboxylic acids is 1. The second kappa shape index (κ2) is 9.96. The number of aryl methyl sites for hydroxylation is 2. The van der Waals surface area contributed by atoms with Crippen LogP contribution in [0.15, 0.2) is 54.6 Å². The Bertz CT molecular complexity index is 1160. The molecule has 7 heteroatoms. The maximum Gasteiger partial charge on any atom is 0.260 e. The molecule has 166 valence electrons. The summed E-state index contributed by atoms with van der Waals surface area (Å²) in [4.78, 5) is 20.0. The van der Waals surface area contributed by atoms with E-state index in [1.807, 2.05) is 73.1 Å². The lowest BCUT2D eigenvalue weighted by atomic mass is 10.2. The summed E-state index contributed by atoms with van der Waals surface area (Å²) < 4.78 is 8.74. The molecule has 2 aromatic heterocycles. The standard InChI is InChI=1S/C25H28N4O2S/c1-4-5-16-31-21-12-10-20(11-13-21)24(30)28(14-15-29-19(3)17-18(2)27-29)25-26-22-8-6-7-9-23(22)32-25/h6-13,17H,4-5,14-16H2,1-3H3. The molecule has 6 nitrogen and oxygen atoms in total. The Balaban J connectivity index is 1.59. The van der Waals surface area contributed by atoms with Crippen molar-refractivity contribution in [2.24, 2.45) is 0 Å². The molecular weight excluding hydrogens is 420 g/mol. The number of ether oxygens (including phenoxy) is 1. The van der Waals surface area contributed by atoms with Crippen molar-refractivity contribution < 1.29 is 9.53 Å². The molecule has 4 aromatic rings. The molecule has 0 unspecified atom stereocenters. The van der Waals surface area contributed by atoms with Crippen LogP contribution < -0.4 is 9.64 Å². The van der Waals surface area contributed by atoms with Crippen molar-refractivity contribution in [1.82, 2.24) is 14.8 Å². The van der Waals surface area contributed by atoms with Crippen molar-refractivity contribution in [2.75, 3.05) is 18.1 Å². The summed E-state index contributed by atoms with van der Waals surface area (Å²) in [7, 11) is 0. The van der Waals surface area contributed by atoms with Gasteiger partial charge in [0.1, 0.15) is 5.75 Å². The Morgan fingerprint density at radius 3 is 2.59 bits per heavy atom. The van der Waals surface area contributed by atoms with Crippen LogP contribution in [-0.2, 0) is 6.54 Å². The summed E-state index contributed by atoms with van der Waals surface area (Å²) in [5.74, 6) is 0.704. The highest BCUT2D eigenvalue weighted by Gasteiger charge is 2.22. The Kier molecular flexibility index (Phi) is 6.85. The molecule has 0 atom stereocenters. The van der Waals surface area contributed by atoms with Crippen LogP contribution in [-0.4, -0.2) is 33.8 Å². The van der Waals surface area contributed by atoms with Crippen molar-refractivity contribution >= 4 is 32.6 Å². The predicted molar refractivity (Wildman–Crippen MR) is 130 cm³/mol. The fourth-order valence-corrected chi connectivity index (χ4v) is 4.53. The number of nitrogens with zero attached hydrogens (tertiary/aromatic N) is 4. The van der Waals surface area contributed by atoms with Gasteiger partial charge in [0, 0.05) is 17.8 Å². The summed E-state index contributed by atoms with van der Waals surface area (Å²) in [5.41, 5.74) is 3.56. The normalized spacial score (nSPS) is 11.1. The number of unbranched alkanes of at least 4 members (excludes halogenated alkanes) is 1. The lowest BCUT2D eigenvalue weighted by Crippen LogP contribution is -2.34. The van der Waals surface area contributed by atoms with Crippen molar-refractivity contribution in [3.05, 3.63) is 71.5 Å². The molecule has 0 radical (unpaired) electrons. The van der Waals surface area contributed by atoms with Gasteiger partial charge in [0.05, 0.1) is 29.1 Å². The highest BCUT2D eigenvalue weighted by molar-refractivity contribution is 7.22. The maximum absolute atomic E-state index is 13.5. The van der Waals surface area contributed by atoms with Crippen LogP contribution in [0.5, 0.6) is 5.75 Å². The van der Waals surface area contributed by atoms with Gasteiger partial charge in [0.15, 0.2) is 5.13 Å². The average molecular weight is 449 g/mol. The summed E-state index contributed by atoms with van der Waals surface area (Å²) in [6.07, 6.45) is 2.10. The van der Waals surface area contributed by atoms with E-state index in [0.717, 1.165) is 40.2 Å². The molecule has 4 rings (SSSR count). The van der Waals surface area contributed by atoms with Crippen molar-refractivity contribution in [3.63, 3.8) is 0 Å². The van der Waals surface area contributed by atoms with E-state index in [0.29, 0.717) is 30.4 Å². The number of thiazole rings is 1. The number of aromatic nitrogens is 3. The Morgan fingerprint density at radius 1 is 1.12 bits per heavy atom. The van der Waals surface area contributed by atoms with Gasteiger partial charge in [-0.3, -0.25) is 14.4 Å². The molecule has 0 aliphatic rings. The molecule has 0 bridgehead atoms. The molecule has 0 fully saturated rings. The van der Waals surface area contributed by atoms with Gasteiger partial charge in [-0.25, -0.2) is 4.98 Å². The first-order valence-corrected chi connectivity index (χ1v) is 11.8. The van der Waals surface area contributed by atoms with Crippen LogP contribution >= 0.6 is 11.3 Å². The number of rotatable bonds is 9. The van der Waals surface area contributed by atoms with E-state index < -0.39 is 0 Å². The summed E-state index contributed by atoms with van der Waals surface area (Å²) >= 11 is 1.53. The SMILES string of the molecule is CCCCOc1ccc(C(=O)N(CCn2nc(C)cc2C)c2nc3ccccc3s2)cc1. The van der Waals surface area contributed by atoms with E-state index in [2.05, 4.69) is 12.0 Å². The number of hydrogen-bond donors (Lipinski definition) is 0. The van der Waals surface area contributed by atoms with E-state index in [1.165, 1.54) is 11.3 Å². The van der Waals surface area contributed by atoms with E-state index in [9.17, 15) is 4.79 Å². The van der Waals surface area contributed by atoms with Crippen molar-refractivity contribution in [2.45, 2.75) is 40.2 Å². The quantitative estimate of drug-likeness (QED) is 0.311. The number of anilines is 1. The Hall–Kier alpha value is -3.19. The highest BCUT2D eigenvalue weighted by Crippen LogP contribution is 2.30. The summed E-state index contributed by atoms with van der Waals surface area (Å²) in [6, 6.07) is 17.4. The molecule has 0 aliphatic carbocycles. The number of amides is 1. The predicted octanol–water partition coefficient (Wildman–Crippen LogP) is 5.64. The fraction of sp³-hybridized carbons (Fsp3) is 0.320. The summed E-state index contributed by atoms with van der Waals surface area (Å²) in [5, 5.41) is 5.24. The number of hydrogen-bond acceptors (Lipinski definition) is 5. The van der Waals surface area contributed by atoms with E-state index in [-0.39, 0.29) is 5.91 Å². The first-order valence-electron chi connectivity index (χ1n) is 11.0. The molecule has 2 heterocycles. The van der Waals surface area contributed by atoms with Gasteiger partial charge >= 0.3 is 0 Å². The maximum atomic E-state index is 13.5. The number of para-hydroxylation sites is 1. The molecule has 0 spiro atoms. The number of benzene rings is 2. The number of fused-ring (bicyclic) bond motifs is 1. The molecule has 0 N–H and O–H groups in total. The van der Waals surface area contributed by atoms with Gasteiger partial charge in [-0.1, -0.05) is 36.8 Å². The van der Waals surface area contributed by atoms with Gasteiger partial charge in [-0.2, -0.15) is 5.10 Å². The first-order chi connectivity index (χ1) is 15.5. The van der Waals surface area contributed by atoms with Crippen molar-refractivity contribution in [1.29, 1.82) is 0 Å². The average Bonchev–Trinajstić information content (AvgIpc) is 3.36. The molecule has 1 amide bonds. The molecular formula is C25H28N4O2S. The number of carbonyl (C=O) groups is 1. The third kappa shape index (κ3) is 4.99. The lowest BCUT2D eigenvalue weighted by Gasteiger charge is -2.20. The van der Waals surface area contributed by atoms with Crippen LogP contribution in [0.25, 0.3) is 10.2 Å². The zero-order valence-corrected chi connectivity index (χ0v) is 19.6. The molecule has 32 heavy (non-hydrogen) atoms. The zero-order chi connectivity index (χ0) is 22.5. The fourth-order valence-electron chi connectivity index (χ4n) is 3.54. The highest BCUT2D eigenvalue weighted by atomic mass is 32.1. The third-order valence-electron chi connectivity index (χ3n) is 5.27. The van der Waals surface area contributed by atoms with Gasteiger partial charge in [-0.15, -0.1) is 0 Å². The van der Waals surface area contributed by atoms with E-state index in [1.54, 1.807) is 4.90 Å². The van der Waals surface area contributed by atoms with Crippen LogP contribution in [0.3, 0.4) is 0 Å². The lowest BCUT2D eigenvalue weighted by molar-refractivity contribution is 0.0985. The molecule has 2 aromatic carbocycles. The molecule has 0 aliphatic heterocycles. The third-order valence-corrected chi connectivity index (χ3v) is 6.32. The van der Waals surface area contributed by atoms with E-state index in [4.69, 9.17) is 9.72 Å². The van der Waals surface area contributed by atoms with Crippen LogP contribution in [0, 0.1) is 13.8 Å². The van der Waals surface area contributed by atoms with Crippen LogP contribution in [0.2, 0.25) is 0 Å². The van der Waals surface area contributed by atoms with Crippen molar-refractivity contribution in [3.8, 4) is 5.75 Å².